The molecule has 0 aliphatic heterocycles. The fourth-order valence-corrected chi connectivity index (χ4v) is 2.66. The smallest absolute Gasteiger partial charge is 0.134 e. The normalized spacial score (nSPS) is 12.9. The van der Waals surface area contributed by atoms with Crippen LogP contribution in [0.2, 0.25) is 0 Å². The van der Waals surface area contributed by atoms with E-state index in [1.165, 1.54) is 0 Å². The largest absolute Gasteiger partial charge is 0.459 e. The molecule has 0 amide bonds. The molecule has 1 atom stereocenters. The summed E-state index contributed by atoms with van der Waals surface area (Å²) in [6, 6.07) is 8.27. The van der Waals surface area contributed by atoms with Gasteiger partial charge in [0.25, 0.3) is 0 Å². The number of furan rings is 1. The lowest BCUT2D eigenvalue weighted by Crippen LogP contribution is -2.22. The molecule has 2 heterocycles. The Morgan fingerprint density at radius 1 is 1.38 bits per heavy atom. The molecule has 0 bridgehead atoms. The van der Waals surface area contributed by atoms with E-state index in [1.54, 1.807) is 6.33 Å². The molecule has 5 nitrogen and oxygen atoms in total. The summed E-state index contributed by atoms with van der Waals surface area (Å²) < 4.78 is 8.88. The summed E-state index contributed by atoms with van der Waals surface area (Å²) in [4.78, 5) is 0. The molecule has 0 radical (unpaired) electrons. The number of benzene rings is 1. The summed E-state index contributed by atoms with van der Waals surface area (Å²) in [6.45, 7) is 2.93. The number of nitrogens with one attached hydrogen (secondary N) is 1. The lowest BCUT2D eigenvalue weighted by molar-refractivity contribution is 0.451. The minimum Gasteiger partial charge on any atom is -0.459 e. The molecule has 1 N–H and O–H groups in total. The fourth-order valence-electron chi connectivity index (χ4n) is 2.28. The van der Waals surface area contributed by atoms with Gasteiger partial charge in [0.2, 0.25) is 0 Å². The third kappa shape index (κ3) is 3.16. The molecular formula is C15H17BrN4O. The highest BCUT2D eigenvalue weighted by atomic mass is 79.9. The third-order valence-corrected chi connectivity index (χ3v) is 4.02. The Morgan fingerprint density at radius 2 is 2.24 bits per heavy atom. The van der Waals surface area contributed by atoms with E-state index in [1.807, 2.05) is 23.7 Å². The van der Waals surface area contributed by atoms with Gasteiger partial charge < -0.3 is 14.3 Å². The van der Waals surface area contributed by atoms with Crippen LogP contribution in [0.25, 0.3) is 11.0 Å². The lowest BCUT2D eigenvalue weighted by atomic mass is 10.2. The van der Waals surface area contributed by atoms with E-state index >= 15 is 0 Å². The van der Waals surface area contributed by atoms with Gasteiger partial charge in [-0.05, 0) is 31.2 Å². The molecule has 0 saturated carbocycles. The predicted octanol–water partition coefficient (Wildman–Crippen LogP) is 3.22. The van der Waals surface area contributed by atoms with Crippen LogP contribution in [0.4, 0.5) is 0 Å². The van der Waals surface area contributed by atoms with Gasteiger partial charge in [-0.3, -0.25) is 0 Å². The zero-order valence-electron chi connectivity index (χ0n) is 12.0. The lowest BCUT2D eigenvalue weighted by Gasteiger charge is -2.10. The van der Waals surface area contributed by atoms with E-state index in [0.717, 1.165) is 40.0 Å². The molecule has 6 heteroatoms. The highest BCUT2D eigenvalue weighted by molar-refractivity contribution is 9.10. The fraction of sp³-hybridized carbons (Fsp3) is 0.333. The van der Waals surface area contributed by atoms with Crippen LogP contribution < -0.4 is 5.32 Å². The van der Waals surface area contributed by atoms with Gasteiger partial charge >= 0.3 is 0 Å². The SMILES string of the molecule is CC(NCCc1nncn1C)c1cc2cc(Br)ccc2o1. The number of halogens is 1. The first-order valence-electron chi connectivity index (χ1n) is 6.89. The zero-order chi connectivity index (χ0) is 14.8. The van der Waals surface area contributed by atoms with E-state index in [2.05, 4.69) is 50.5 Å². The van der Waals surface area contributed by atoms with Gasteiger partial charge in [-0.15, -0.1) is 10.2 Å². The molecular weight excluding hydrogens is 332 g/mol. The van der Waals surface area contributed by atoms with Crippen LogP contribution in [-0.4, -0.2) is 21.3 Å². The molecule has 0 aliphatic carbocycles. The average Bonchev–Trinajstić information content (AvgIpc) is 3.05. The predicted molar refractivity (Wildman–Crippen MR) is 85.0 cm³/mol. The summed E-state index contributed by atoms with van der Waals surface area (Å²) in [7, 11) is 1.95. The van der Waals surface area contributed by atoms with Crippen LogP contribution in [0, 0.1) is 0 Å². The van der Waals surface area contributed by atoms with Crippen molar-refractivity contribution in [1.29, 1.82) is 0 Å². The molecule has 21 heavy (non-hydrogen) atoms. The Morgan fingerprint density at radius 3 is 3.00 bits per heavy atom. The van der Waals surface area contributed by atoms with Crippen molar-refractivity contribution >= 4 is 26.9 Å². The van der Waals surface area contributed by atoms with Crippen molar-refractivity contribution < 1.29 is 4.42 Å². The average molecular weight is 349 g/mol. The molecule has 3 aromatic rings. The van der Waals surface area contributed by atoms with Crippen molar-refractivity contribution in [2.24, 2.45) is 7.05 Å². The van der Waals surface area contributed by atoms with Crippen LogP contribution in [0.15, 0.2) is 39.5 Å². The van der Waals surface area contributed by atoms with Gasteiger partial charge in [-0.1, -0.05) is 15.9 Å². The topological polar surface area (TPSA) is 55.9 Å². The van der Waals surface area contributed by atoms with Crippen LogP contribution in [-0.2, 0) is 13.5 Å². The maximum absolute atomic E-state index is 5.88. The molecule has 0 fully saturated rings. The Bertz CT molecular complexity index is 749. The third-order valence-electron chi connectivity index (χ3n) is 3.53. The molecule has 1 unspecified atom stereocenters. The van der Waals surface area contributed by atoms with Crippen molar-refractivity contribution in [3.05, 3.63) is 46.7 Å². The summed E-state index contributed by atoms with van der Waals surface area (Å²) in [6.07, 6.45) is 2.56. The first-order valence-corrected chi connectivity index (χ1v) is 7.68. The van der Waals surface area contributed by atoms with Crippen LogP contribution in [0.1, 0.15) is 24.6 Å². The second kappa shape index (κ2) is 5.99. The van der Waals surface area contributed by atoms with E-state index in [-0.39, 0.29) is 6.04 Å². The molecule has 0 spiro atoms. The summed E-state index contributed by atoms with van der Waals surface area (Å²) in [5.74, 6) is 1.92. The highest BCUT2D eigenvalue weighted by Crippen LogP contribution is 2.26. The first kappa shape index (κ1) is 14.3. The van der Waals surface area contributed by atoms with Gasteiger partial charge in [0.05, 0.1) is 6.04 Å². The van der Waals surface area contributed by atoms with Crippen molar-refractivity contribution in [3.8, 4) is 0 Å². The van der Waals surface area contributed by atoms with Crippen molar-refractivity contribution in [3.63, 3.8) is 0 Å². The second-order valence-electron chi connectivity index (χ2n) is 5.11. The minimum absolute atomic E-state index is 0.157. The number of rotatable bonds is 5. The number of hydrogen-bond donors (Lipinski definition) is 1. The van der Waals surface area contributed by atoms with Crippen LogP contribution in [0.3, 0.4) is 0 Å². The van der Waals surface area contributed by atoms with Crippen molar-refractivity contribution in [2.45, 2.75) is 19.4 Å². The Hall–Kier alpha value is -1.66. The van der Waals surface area contributed by atoms with Gasteiger partial charge in [-0.25, -0.2) is 0 Å². The number of nitrogens with zero attached hydrogens (tertiary/aromatic N) is 3. The number of fused-ring (bicyclic) bond motifs is 1. The zero-order valence-corrected chi connectivity index (χ0v) is 13.6. The summed E-state index contributed by atoms with van der Waals surface area (Å²) in [5.41, 5.74) is 0.912. The Labute approximate surface area is 131 Å². The first-order chi connectivity index (χ1) is 10.1. The van der Waals surface area contributed by atoms with Gasteiger partial charge in [0.15, 0.2) is 0 Å². The molecule has 1 aromatic carbocycles. The highest BCUT2D eigenvalue weighted by Gasteiger charge is 2.11. The molecule has 110 valence electrons. The van der Waals surface area contributed by atoms with E-state index in [9.17, 15) is 0 Å². The quantitative estimate of drug-likeness (QED) is 0.769. The van der Waals surface area contributed by atoms with E-state index in [0.29, 0.717) is 0 Å². The van der Waals surface area contributed by atoms with Crippen LogP contribution in [0.5, 0.6) is 0 Å². The number of aryl methyl sites for hydroxylation is 1. The van der Waals surface area contributed by atoms with Crippen molar-refractivity contribution in [1.82, 2.24) is 20.1 Å². The minimum atomic E-state index is 0.157. The monoisotopic (exact) mass is 348 g/mol. The van der Waals surface area contributed by atoms with Gasteiger partial charge in [-0.2, -0.15) is 0 Å². The summed E-state index contributed by atoms with van der Waals surface area (Å²) >= 11 is 3.48. The van der Waals surface area contributed by atoms with Gasteiger partial charge in [0, 0.05) is 29.9 Å². The van der Waals surface area contributed by atoms with E-state index < -0.39 is 0 Å². The number of hydrogen-bond acceptors (Lipinski definition) is 4. The summed E-state index contributed by atoms with van der Waals surface area (Å²) in [5, 5.41) is 12.5. The van der Waals surface area contributed by atoms with Gasteiger partial charge in [0.1, 0.15) is 23.5 Å². The molecule has 0 saturated heterocycles. The maximum Gasteiger partial charge on any atom is 0.134 e. The maximum atomic E-state index is 5.88. The van der Waals surface area contributed by atoms with Crippen molar-refractivity contribution in [2.75, 3.05) is 6.54 Å². The molecule has 0 aliphatic rings. The Balaban J connectivity index is 1.64. The van der Waals surface area contributed by atoms with Crippen LogP contribution >= 0.6 is 15.9 Å². The molecule has 3 rings (SSSR count). The van der Waals surface area contributed by atoms with E-state index in [4.69, 9.17) is 4.42 Å². The molecule has 2 aromatic heterocycles. The second-order valence-corrected chi connectivity index (χ2v) is 6.03. The Kier molecular flexibility index (Phi) is 4.07. The number of aromatic nitrogens is 3. The standard InChI is InChI=1S/C15H17BrN4O/c1-10(17-6-5-15-19-18-9-20(15)2)14-8-11-7-12(16)3-4-13(11)21-14/h3-4,7-10,17H,5-6H2,1-2H3.